The third-order valence-corrected chi connectivity index (χ3v) is 5.14. The van der Waals surface area contributed by atoms with Gasteiger partial charge in [0.05, 0.1) is 0 Å². The molecule has 7 nitrogen and oxygen atoms in total. The number of rotatable bonds is 6. The van der Waals surface area contributed by atoms with E-state index in [2.05, 4.69) is 38.6 Å². The zero-order valence-electron chi connectivity index (χ0n) is 16.4. The second kappa shape index (κ2) is 8.54. The highest BCUT2D eigenvalue weighted by atomic mass is 16.1. The Morgan fingerprint density at radius 1 is 1.41 bits per heavy atom. The molecular formula is C20H30N6O. The molecule has 27 heavy (non-hydrogen) atoms. The number of hydrogen-bond acceptors (Lipinski definition) is 5. The van der Waals surface area contributed by atoms with Crippen LogP contribution in [0, 0.1) is 6.92 Å². The van der Waals surface area contributed by atoms with Gasteiger partial charge in [-0.2, -0.15) is 0 Å². The third-order valence-electron chi connectivity index (χ3n) is 5.14. The molecule has 1 fully saturated rings. The maximum Gasteiger partial charge on any atom is 0.267 e. The van der Waals surface area contributed by atoms with Crippen molar-refractivity contribution in [2.24, 2.45) is 5.73 Å². The molecule has 1 aliphatic heterocycles. The van der Waals surface area contributed by atoms with E-state index >= 15 is 0 Å². The fourth-order valence-electron chi connectivity index (χ4n) is 3.32. The van der Waals surface area contributed by atoms with Crippen molar-refractivity contribution in [3.63, 3.8) is 0 Å². The van der Waals surface area contributed by atoms with Gasteiger partial charge >= 0.3 is 0 Å². The number of carbonyl (C=O) groups is 1. The maximum atomic E-state index is 12.3. The van der Waals surface area contributed by atoms with Gasteiger partial charge in [-0.05, 0) is 70.1 Å². The third kappa shape index (κ3) is 4.87. The standard InChI is InChI=1S/C20H30N6O/c1-13-11-23-19(25-16-4-6-26(3)7-5-16)9-17(13)15-8-18(22-12-15)20(27)24-14(2)10-21/h8-9,11-12,14,16,22H,4-7,10,21H2,1-3H3,(H,23,25)(H,24,27)/t14-/m0/s1. The van der Waals surface area contributed by atoms with Gasteiger partial charge in [0.25, 0.3) is 5.91 Å². The molecule has 0 saturated carbocycles. The van der Waals surface area contributed by atoms with Crippen LogP contribution in [0.2, 0.25) is 0 Å². The van der Waals surface area contributed by atoms with E-state index in [0.29, 0.717) is 18.3 Å². The normalized spacial score (nSPS) is 16.9. The summed E-state index contributed by atoms with van der Waals surface area (Å²) in [7, 11) is 2.16. The Morgan fingerprint density at radius 3 is 2.85 bits per heavy atom. The number of aromatic nitrogens is 2. The van der Waals surface area contributed by atoms with Gasteiger partial charge in [-0.15, -0.1) is 0 Å². The van der Waals surface area contributed by atoms with Gasteiger partial charge in [0.1, 0.15) is 11.5 Å². The van der Waals surface area contributed by atoms with Crippen molar-refractivity contribution < 1.29 is 4.79 Å². The molecule has 1 aliphatic rings. The lowest BCUT2D eigenvalue weighted by molar-refractivity contribution is 0.0937. The van der Waals surface area contributed by atoms with Crippen LogP contribution in [-0.2, 0) is 0 Å². The SMILES string of the molecule is Cc1cnc(NC2CCN(C)CC2)cc1-c1c[nH]c(C(=O)N[C@@H](C)CN)c1. The fourth-order valence-corrected chi connectivity index (χ4v) is 3.32. The van der Waals surface area contributed by atoms with Crippen LogP contribution >= 0.6 is 0 Å². The lowest BCUT2D eigenvalue weighted by atomic mass is 10.0. The highest BCUT2D eigenvalue weighted by Gasteiger charge is 2.18. The van der Waals surface area contributed by atoms with Crippen molar-refractivity contribution >= 4 is 11.7 Å². The van der Waals surface area contributed by atoms with Gasteiger partial charge in [0.2, 0.25) is 0 Å². The molecule has 0 unspecified atom stereocenters. The van der Waals surface area contributed by atoms with E-state index in [1.54, 1.807) is 0 Å². The molecular weight excluding hydrogens is 340 g/mol. The van der Waals surface area contributed by atoms with Crippen LogP contribution in [0.15, 0.2) is 24.5 Å². The summed E-state index contributed by atoms with van der Waals surface area (Å²) in [6.45, 7) is 6.54. The summed E-state index contributed by atoms with van der Waals surface area (Å²) in [6, 6.07) is 4.34. The van der Waals surface area contributed by atoms with Gasteiger partial charge < -0.3 is 26.3 Å². The lowest BCUT2D eigenvalue weighted by Crippen LogP contribution is -2.37. The molecule has 1 saturated heterocycles. The van der Waals surface area contributed by atoms with Crippen LogP contribution in [0.4, 0.5) is 5.82 Å². The zero-order valence-corrected chi connectivity index (χ0v) is 16.4. The Morgan fingerprint density at radius 2 is 2.15 bits per heavy atom. The van der Waals surface area contributed by atoms with Crippen molar-refractivity contribution in [1.29, 1.82) is 0 Å². The summed E-state index contributed by atoms with van der Waals surface area (Å²) in [6.07, 6.45) is 5.99. The fraction of sp³-hybridized carbons (Fsp3) is 0.500. The predicted octanol–water partition coefficient (Wildman–Crippen LogP) is 1.97. The first-order chi connectivity index (χ1) is 13.0. The van der Waals surface area contributed by atoms with Crippen molar-refractivity contribution in [3.8, 4) is 11.1 Å². The molecule has 2 aromatic heterocycles. The quantitative estimate of drug-likeness (QED) is 0.623. The van der Waals surface area contributed by atoms with Crippen molar-refractivity contribution in [3.05, 3.63) is 35.8 Å². The molecule has 5 N–H and O–H groups in total. The first-order valence-electron chi connectivity index (χ1n) is 9.57. The zero-order chi connectivity index (χ0) is 19.4. The monoisotopic (exact) mass is 370 g/mol. The summed E-state index contributed by atoms with van der Waals surface area (Å²) in [5.74, 6) is 0.740. The van der Waals surface area contributed by atoms with Crippen LogP contribution in [0.5, 0.6) is 0 Å². The second-order valence-corrected chi connectivity index (χ2v) is 7.52. The molecule has 1 atom stereocenters. The minimum absolute atomic E-state index is 0.0581. The van der Waals surface area contributed by atoms with E-state index in [0.717, 1.165) is 48.4 Å². The summed E-state index contributed by atoms with van der Waals surface area (Å²) >= 11 is 0. The Balaban J connectivity index is 1.74. The van der Waals surface area contributed by atoms with Gasteiger partial charge in [-0.1, -0.05) is 0 Å². The molecule has 3 rings (SSSR count). The van der Waals surface area contributed by atoms with Gasteiger partial charge in [0, 0.05) is 36.6 Å². The largest absolute Gasteiger partial charge is 0.367 e. The van der Waals surface area contributed by atoms with E-state index in [9.17, 15) is 4.79 Å². The number of anilines is 1. The summed E-state index contributed by atoms with van der Waals surface area (Å²) in [4.78, 5) is 22.2. The van der Waals surface area contributed by atoms with E-state index in [4.69, 9.17) is 5.73 Å². The minimum atomic E-state index is -0.143. The molecule has 0 aromatic carbocycles. The number of aromatic amines is 1. The van der Waals surface area contributed by atoms with Crippen molar-refractivity contribution in [2.45, 2.75) is 38.8 Å². The number of nitrogens with two attached hydrogens (primary N) is 1. The van der Waals surface area contributed by atoms with Gasteiger partial charge in [-0.25, -0.2) is 4.98 Å². The number of nitrogens with zero attached hydrogens (tertiary/aromatic N) is 2. The predicted molar refractivity (Wildman–Crippen MR) is 109 cm³/mol. The molecule has 0 radical (unpaired) electrons. The Labute approximate surface area is 160 Å². The first kappa shape index (κ1) is 19.4. The van der Waals surface area contributed by atoms with Gasteiger partial charge in [-0.3, -0.25) is 4.79 Å². The average molecular weight is 371 g/mol. The molecule has 0 bridgehead atoms. The Bertz CT molecular complexity index is 779. The second-order valence-electron chi connectivity index (χ2n) is 7.52. The van der Waals surface area contributed by atoms with Crippen LogP contribution in [0.1, 0.15) is 35.8 Å². The smallest absolute Gasteiger partial charge is 0.267 e. The Kier molecular flexibility index (Phi) is 6.13. The highest BCUT2D eigenvalue weighted by molar-refractivity contribution is 5.94. The van der Waals surface area contributed by atoms with E-state index in [1.807, 2.05) is 32.3 Å². The molecule has 7 heteroatoms. The van der Waals surface area contributed by atoms with Crippen molar-refractivity contribution in [2.75, 3.05) is 32.0 Å². The van der Waals surface area contributed by atoms with Gasteiger partial charge in [0.15, 0.2) is 0 Å². The number of likely N-dealkylation sites (tertiary alicyclic amines) is 1. The number of pyridine rings is 1. The van der Waals surface area contributed by atoms with E-state index < -0.39 is 0 Å². The van der Waals surface area contributed by atoms with Crippen molar-refractivity contribution in [1.82, 2.24) is 20.2 Å². The molecule has 0 spiro atoms. The highest BCUT2D eigenvalue weighted by Crippen LogP contribution is 2.27. The maximum absolute atomic E-state index is 12.3. The van der Waals surface area contributed by atoms with E-state index in [1.165, 1.54) is 0 Å². The minimum Gasteiger partial charge on any atom is -0.367 e. The average Bonchev–Trinajstić information content (AvgIpc) is 3.15. The van der Waals surface area contributed by atoms with Crippen LogP contribution in [-0.4, -0.2) is 59.5 Å². The number of hydrogen-bond donors (Lipinski definition) is 4. The lowest BCUT2D eigenvalue weighted by Gasteiger charge is -2.29. The molecule has 146 valence electrons. The molecule has 1 amide bonds. The topological polar surface area (TPSA) is 99.1 Å². The number of nitrogens with one attached hydrogen (secondary N) is 3. The molecule has 0 aliphatic carbocycles. The number of carbonyl (C=O) groups excluding carboxylic acids is 1. The van der Waals surface area contributed by atoms with Crippen LogP contribution < -0.4 is 16.4 Å². The van der Waals surface area contributed by atoms with Crippen LogP contribution in [0.3, 0.4) is 0 Å². The number of aryl methyl sites for hydroxylation is 1. The first-order valence-corrected chi connectivity index (χ1v) is 9.57. The number of H-pyrrole nitrogens is 1. The van der Waals surface area contributed by atoms with E-state index in [-0.39, 0.29) is 11.9 Å². The summed E-state index contributed by atoms with van der Waals surface area (Å²) in [5.41, 5.74) is 9.23. The van der Waals surface area contributed by atoms with Crippen LogP contribution in [0.25, 0.3) is 11.1 Å². The molecule has 3 heterocycles. The molecule has 2 aromatic rings. The number of piperidine rings is 1. The Hall–Kier alpha value is -2.38. The summed E-state index contributed by atoms with van der Waals surface area (Å²) in [5, 5.41) is 6.43. The summed E-state index contributed by atoms with van der Waals surface area (Å²) < 4.78 is 0. The number of amides is 1.